The number of benzene rings is 1. The standard InChI is InChI=1S/C21H25N5O5S/c1-2-15-17(19(29)23-8-9-27)25-21(32-15)26-18(28)11-5-6-14-13(10-11)12(4-3-7-22)16(24-14)20(30)31/h5-6,10,24,27H,2-4,7-9,22H2,1H3,(H,23,29)(H,30,31)(H,25,26,28). The molecule has 0 spiro atoms. The highest BCUT2D eigenvalue weighted by Gasteiger charge is 2.20. The molecular formula is C21H25N5O5S. The number of carbonyl (C=O) groups is 3. The minimum absolute atomic E-state index is 0.0945. The molecule has 10 nitrogen and oxygen atoms in total. The summed E-state index contributed by atoms with van der Waals surface area (Å²) in [6, 6.07) is 4.90. The fourth-order valence-corrected chi connectivity index (χ4v) is 4.25. The molecule has 0 atom stereocenters. The van der Waals surface area contributed by atoms with Crippen molar-refractivity contribution >= 4 is 45.2 Å². The molecule has 2 aromatic heterocycles. The summed E-state index contributed by atoms with van der Waals surface area (Å²) in [5.41, 5.74) is 7.47. The number of aliphatic hydroxyl groups is 1. The zero-order chi connectivity index (χ0) is 23.3. The number of nitrogens with two attached hydrogens (primary N) is 1. The van der Waals surface area contributed by atoms with Crippen LogP contribution in [-0.2, 0) is 12.8 Å². The first-order valence-electron chi connectivity index (χ1n) is 10.2. The summed E-state index contributed by atoms with van der Waals surface area (Å²) in [6.07, 6.45) is 1.65. The molecule has 1 aromatic carbocycles. The Balaban J connectivity index is 1.88. The molecule has 0 aliphatic carbocycles. The van der Waals surface area contributed by atoms with Gasteiger partial charge in [-0.15, -0.1) is 11.3 Å². The molecule has 0 radical (unpaired) electrons. The van der Waals surface area contributed by atoms with Crippen LogP contribution in [0.3, 0.4) is 0 Å². The van der Waals surface area contributed by atoms with Gasteiger partial charge in [-0.05, 0) is 49.6 Å². The summed E-state index contributed by atoms with van der Waals surface area (Å²) in [7, 11) is 0. The van der Waals surface area contributed by atoms with Gasteiger partial charge < -0.3 is 26.2 Å². The van der Waals surface area contributed by atoms with Gasteiger partial charge in [-0.1, -0.05) is 6.92 Å². The van der Waals surface area contributed by atoms with Gasteiger partial charge in [0.15, 0.2) is 5.13 Å². The molecular weight excluding hydrogens is 434 g/mol. The first-order chi connectivity index (χ1) is 15.4. The number of aromatic amines is 1. The van der Waals surface area contributed by atoms with Crippen LogP contribution < -0.4 is 16.4 Å². The van der Waals surface area contributed by atoms with Crippen LogP contribution in [0.4, 0.5) is 5.13 Å². The zero-order valence-electron chi connectivity index (χ0n) is 17.5. The van der Waals surface area contributed by atoms with Crippen LogP contribution in [0.2, 0.25) is 0 Å². The largest absolute Gasteiger partial charge is 0.477 e. The van der Waals surface area contributed by atoms with Crippen LogP contribution in [-0.4, -0.2) is 57.7 Å². The van der Waals surface area contributed by atoms with Crippen LogP contribution in [0.1, 0.15) is 55.1 Å². The first-order valence-corrected chi connectivity index (χ1v) is 11.0. The SMILES string of the molecule is CCc1sc(NC(=O)c2ccc3[nH]c(C(=O)O)c(CCCN)c3c2)nc1C(=O)NCCO. The second-order valence-corrected chi connectivity index (χ2v) is 8.10. The Bertz CT molecular complexity index is 1150. The van der Waals surface area contributed by atoms with Crippen molar-refractivity contribution in [3.8, 4) is 0 Å². The Labute approximate surface area is 187 Å². The minimum atomic E-state index is -1.07. The van der Waals surface area contributed by atoms with Crippen molar-refractivity contribution in [3.05, 3.63) is 45.6 Å². The molecule has 170 valence electrons. The third-order valence-electron chi connectivity index (χ3n) is 4.86. The Morgan fingerprint density at radius 3 is 2.69 bits per heavy atom. The number of carbonyl (C=O) groups excluding carboxylic acids is 2. The molecule has 7 N–H and O–H groups in total. The number of amides is 2. The van der Waals surface area contributed by atoms with Gasteiger partial charge in [-0.2, -0.15) is 0 Å². The summed E-state index contributed by atoms with van der Waals surface area (Å²) in [5, 5.41) is 24.6. The van der Waals surface area contributed by atoms with Crippen molar-refractivity contribution in [1.82, 2.24) is 15.3 Å². The van der Waals surface area contributed by atoms with E-state index in [-0.39, 0.29) is 29.7 Å². The molecule has 3 aromatic rings. The van der Waals surface area contributed by atoms with Crippen molar-refractivity contribution in [1.29, 1.82) is 0 Å². The number of carboxylic acids is 1. The topological polar surface area (TPSA) is 170 Å². The molecule has 3 rings (SSSR count). The lowest BCUT2D eigenvalue weighted by molar-refractivity contribution is 0.0689. The van der Waals surface area contributed by atoms with Gasteiger partial charge in [0.25, 0.3) is 11.8 Å². The molecule has 0 saturated heterocycles. The van der Waals surface area contributed by atoms with E-state index in [1.54, 1.807) is 18.2 Å². The van der Waals surface area contributed by atoms with E-state index in [1.165, 1.54) is 11.3 Å². The van der Waals surface area contributed by atoms with Crippen LogP contribution in [0, 0.1) is 0 Å². The third-order valence-corrected chi connectivity index (χ3v) is 5.98. The number of hydrogen-bond acceptors (Lipinski definition) is 7. The number of carboxylic acid groups (broad SMARTS) is 1. The summed E-state index contributed by atoms with van der Waals surface area (Å²) < 4.78 is 0. The number of nitrogens with one attached hydrogen (secondary N) is 3. The van der Waals surface area contributed by atoms with Gasteiger partial charge in [0.2, 0.25) is 0 Å². The van der Waals surface area contributed by atoms with Crippen molar-refractivity contribution in [2.75, 3.05) is 25.0 Å². The predicted molar refractivity (Wildman–Crippen MR) is 121 cm³/mol. The number of aliphatic hydroxyl groups excluding tert-OH is 1. The van der Waals surface area contributed by atoms with Crippen molar-refractivity contribution in [2.24, 2.45) is 5.73 Å². The Morgan fingerprint density at radius 1 is 1.25 bits per heavy atom. The summed E-state index contributed by atoms with van der Waals surface area (Å²) in [6.45, 7) is 2.23. The second kappa shape index (κ2) is 10.4. The van der Waals surface area contributed by atoms with Gasteiger partial charge in [0.05, 0.1) is 6.61 Å². The molecule has 0 unspecified atom stereocenters. The maximum Gasteiger partial charge on any atom is 0.352 e. The number of aromatic nitrogens is 2. The van der Waals surface area contributed by atoms with E-state index < -0.39 is 17.8 Å². The average molecular weight is 460 g/mol. The van der Waals surface area contributed by atoms with Gasteiger partial charge >= 0.3 is 5.97 Å². The molecule has 0 bridgehead atoms. The van der Waals surface area contributed by atoms with Crippen LogP contribution in [0.5, 0.6) is 0 Å². The minimum Gasteiger partial charge on any atom is -0.477 e. The van der Waals surface area contributed by atoms with Crippen LogP contribution in [0.15, 0.2) is 18.2 Å². The summed E-state index contributed by atoms with van der Waals surface area (Å²) in [4.78, 5) is 44.5. The van der Waals surface area contributed by atoms with E-state index in [0.717, 1.165) is 0 Å². The second-order valence-electron chi connectivity index (χ2n) is 7.01. The number of aryl methyl sites for hydroxylation is 2. The molecule has 0 aliphatic rings. The van der Waals surface area contributed by atoms with E-state index in [1.807, 2.05) is 6.92 Å². The quantitative estimate of drug-likeness (QED) is 0.268. The predicted octanol–water partition coefficient (Wildman–Crippen LogP) is 1.75. The highest BCUT2D eigenvalue weighted by molar-refractivity contribution is 7.16. The Kier molecular flexibility index (Phi) is 7.57. The molecule has 2 heterocycles. The Hall–Kier alpha value is -3.28. The lowest BCUT2D eigenvalue weighted by Gasteiger charge is -2.04. The van der Waals surface area contributed by atoms with Crippen LogP contribution >= 0.6 is 11.3 Å². The van der Waals surface area contributed by atoms with Gasteiger partial charge in [-0.25, -0.2) is 9.78 Å². The molecule has 0 saturated carbocycles. The zero-order valence-corrected chi connectivity index (χ0v) is 18.3. The highest BCUT2D eigenvalue weighted by Crippen LogP contribution is 2.27. The van der Waals surface area contributed by atoms with Crippen molar-refractivity contribution < 1.29 is 24.6 Å². The maximum absolute atomic E-state index is 12.8. The number of anilines is 1. The molecule has 11 heteroatoms. The monoisotopic (exact) mass is 459 g/mol. The van der Waals surface area contributed by atoms with Gasteiger partial charge in [0, 0.05) is 27.9 Å². The lowest BCUT2D eigenvalue weighted by Crippen LogP contribution is -2.27. The number of rotatable bonds is 10. The first kappa shape index (κ1) is 23.4. The molecule has 0 fully saturated rings. The lowest BCUT2D eigenvalue weighted by atomic mass is 10.0. The molecule has 32 heavy (non-hydrogen) atoms. The van der Waals surface area contributed by atoms with E-state index in [9.17, 15) is 19.5 Å². The highest BCUT2D eigenvalue weighted by atomic mass is 32.1. The number of nitrogens with zero attached hydrogens (tertiary/aromatic N) is 1. The maximum atomic E-state index is 12.8. The number of hydrogen-bond donors (Lipinski definition) is 6. The third kappa shape index (κ3) is 4.96. The van der Waals surface area contributed by atoms with E-state index in [0.29, 0.717) is 52.7 Å². The van der Waals surface area contributed by atoms with Gasteiger partial charge in [0.1, 0.15) is 11.4 Å². The van der Waals surface area contributed by atoms with E-state index in [2.05, 4.69) is 20.6 Å². The fourth-order valence-electron chi connectivity index (χ4n) is 3.35. The molecule has 2 amide bonds. The summed E-state index contributed by atoms with van der Waals surface area (Å²) in [5.74, 6) is -1.90. The average Bonchev–Trinajstić information content (AvgIpc) is 3.36. The number of fused-ring (bicyclic) bond motifs is 1. The fraction of sp³-hybridized carbons (Fsp3) is 0.333. The number of H-pyrrole nitrogens is 1. The van der Waals surface area contributed by atoms with Crippen LogP contribution in [0.25, 0.3) is 10.9 Å². The normalized spacial score (nSPS) is 11.0. The smallest absolute Gasteiger partial charge is 0.352 e. The Morgan fingerprint density at radius 2 is 2.03 bits per heavy atom. The number of aromatic carboxylic acids is 1. The van der Waals surface area contributed by atoms with Crippen molar-refractivity contribution in [3.63, 3.8) is 0 Å². The summed E-state index contributed by atoms with van der Waals surface area (Å²) >= 11 is 1.21. The molecule has 0 aliphatic heterocycles. The van der Waals surface area contributed by atoms with Gasteiger partial charge in [-0.3, -0.25) is 14.9 Å². The van der Waals surface area contributed by atoms with E-state index >= 15 is 0 Å². The number of thiazole rings is 1. The van der Waals surface area contributed by atoms with E-state index in [4.69, 9.17) is 10.8 Å². The van der Waals surface area contributed by atoms with Crippen molar-refractivity contribution in [2.45, 2.75) is 26.2 Å².